The van der Waals surface area contributed by atoms with Crippen molar-refractivity contribution in [3.05, 3.63) is 46.5 Å². The van der Waals surface area contributed by atoms with Crippen LogP contribution in [0.5, 0.6) is 0 Å². The fourth-order valence-corrected chi connectivity index (χ4v) is 13.8. The number of hydrogen-bond acceptors (Lipinski definition) is 4. The normalized spacial score (nSPS) is 40.4. The molecule has 0 aliphatic heterocycles. The van der Waals surface area contributed by atoms with Crippen LogP contribution in [0.3, 0.4) is 0 Å². The Morgan fingerprint density at radius 1 is 0.922 bits per heavy atom. The van der Waals surface area contributed by atoms with E-state index in [1.54, 1.807) is 0 Å². The summed E-state index contributed by atoms with van der Waals surface area (Å²) in [7, 11) is 0. The molecule has 51 heavy (non-hydrogen) atoms. The number of ether oxygens (including phenoxy) is 1. The van der Waals surface area contributed by atoms with Gasteiger partial charge in [-0.05, 0) is 157 Å². The Kier molecular flexibility index (Phi) is 10.8. The predicted octanol–water partition coefficient (Wildman–Crippen LogP) is 9.62. The lowest BCUT2D eigenvalue weighted by Gasteiger charge is -2.72. The minimum atomic E-state index is -0.942. The molecule has 0 saturated heterocycles. The minimum Gasteiger partial charge on any atom is -0.480 e. The number of halogens is 1. The number of carboxylic acid groups (broad SMARTS) is 1. The second kappa shape index (κ2) is 14.2. The Hall–Kier alpha value is -1.70. The highest BCUT2D eigenvalue weighted by molar-refractivity contribution is 9.10. The molecule has 5 aliphatic carbocycles. The van der Waals surface area contributed by atoms with E-state index in [0.29, 0.717) is 37.4 Å². The molecule has 11 atom stereocenters. The van der Waals surface area contributed by atoms with Crippen molar-refractivity contribution in [1.29, 1.82) is 0 Å². The molecular weight excluding hydrogens is 702 g/mol. The lowest BCUT2D eigenvalue weighted by molar-refractivity contribution is -0.246. The van der Waals surface area contributed by atoms with Gasteiger partial charge in [0.1, 0.15) is 6.04 Å². The van der Waals surface area contributed by atoms with Crippen LogP contribution in [-0.4, -0.2) is 47.4 Å². The summed E-state index contributed by atoms with van der Waals surface area (Å²) in [6.45, 7) is 22.2. The summed E-state index contributed by atoms with van der Waals surface area (Å²) in [5, 5.41) is 24.4. The summed E-state index contributed by atoms with van der Waals surface area (Å²) in [4.78, 5) is 27.1. The highest BCUT2D eigenvalue weighted by Crippen LogP contribution is 2.77. The third-order valence-electron chi connectivity index (χ3n) is 16.4. The molecule has 0 radical (unpaired) electrons. The maximum atomic E-state index is 14.7. The van der Waals surface area contributed by atoms with Crippen LogP contribution < -0.4 is 5.32 Å². The number of fused-ring (bicyclic) bond motifs is 7. The largest absolute Gasteiger partial charge is 0.480 e. The molecule has 0 bridgehead atoms. The second-order valence-corrected chi connectivity index (χ2v) is 20.4. The first-order chi connectivity index (χ1) is 23.9. The van der Waals surface area contributed by atoms with Crippen molar-refractivity contribution < 1.29 is 24.5 Å². The quantitative estimate of drug-likeness (QED) is 0.154. The zero-order chi connectivity index (χ0) is 37.1. The topological polar surface area (TPSA) is 95.9 Å². The second-order valence-electron chi connectivity index (χ2n) is 19.5. The van der Waals surface area contributed by atoms with E-state index in [2.05, 4.69) is 86.7 Å². The van der Waals surface area contributed by atoms with Crippen LogP contribution in [0.2, 0.25) is 0 Å². The first kappa shape index (κ1) is 39.0. The predicted molar refractivity (Wildman–Crippen MR) is 207 cm³/mol. The molecule has 5 aliphatic rings. The highest BCUT2D eigenvalue weighted by atomic mass is 79.9. The number of hydrogen-bond donors (Lipinski definition) is 3. The lowest BCUT2D eigenvalue weighted by atomic mass is 9.32. The van der Waals surface area contributed by atoms with E-state index in [-0.39, 0.29) is 51.4 Å². The minimum absolute atomic E-state index is 0.0416. The molecule has 1 unspecified atom stereocenters. The Bertz CT molecular complexity index is 1470. The van der Waals surface area contributed by atoms with E-state index in [1.165, 1.54) is 5.56 Å². The molecule has 5 fully saturated rings. The molecule has 0 spiro atoms. The third kappa shape index (κ3) is 6.49. The van der Waals surface area contributed by atoms with E-state index in [0.717, 1.165) is 80.7 Å². The average Bonchev–Trinajstić information content (AvgIpc) is 3.47. The van der Waals surface area contributed by atoms with Crippen LogP contribution in [0, 0.1) is 62.6 Å². The number of aliphatic carboxylic acids is 1. The van der Waals surface area contributed by atoms with E-state index in [9.17, 15) is 19.8 Å². The Balaban J connectivity index is 1.29. The third-order valence-corrected chi connectivity index (χ3v) is 17.0. The van der Waals surface area contributed by atoms with Gasteiger partial charge in [-0.1, -0.05) is 83.1 Å². The van der Waals surface area contributed by atoms with E-state index < -0.39 is 17.4 Å². The van der Waals surface area contributed by atoms with Gasteiger partial charge in [-0.2, -0.15) is 0 Å². The van der Waals surface area contributed by atoms with Crippen LogP contribution in [-0.2, 0) is 20.7 Å². The smallest absolute Gasteiger partial charge is 0.326 e. The fraction of sp³-hybridized carbons (Fsp3) is 0.773. The molecule has 1 amide bonds. The van der Waals surface area contributed by atoms with Crippen LogP contribution in [0.25, 0.3) is 0 Å². The molecule has 3 N–H and O–H groups in total. The fourth-order valence-electron chi connectivity index (χ4n) is 13.6. The molecule has 5 saturated carbocycles. The van der Waals surface area contributed by atoms with Gasteiger partial charge >= 0.3 is 5.97 Å². The van der Waals surface area contributed by atoms with Crippen molar-refractivity contribution >= 4 is 27.8 Å². The number of carboxylic acids is 1. The van der Waals surface area contributed by atoms with Crippen molar-refractivity contribution in [2.45, 2.75) is 138 Å². The molecule has 0 aromatic heterocycles. The molecule has 1 aromatic carbocycles. The highest BCUT2D eigenvalue weighted by Gasteiger charge is 2.72. The van der Waals surface area contributed by atoms with Crippen molar-refractivity contribution in [3.8, 4) is 0 Å². The molecule has 1 aromatic rings. The first-order valence-corrected chi connectivity index (χ1v) is 20.9. The number of carbonyl (C=O) groups excluding carboxylic acids is 1. The van der Waals surface area contributed by atoms with Crippen LogP contribution in [0.15, 0.2) is 40.9 Å². The number of aliphatic hydroxyl groups excluding tert-OH is 1. The maximum Gasteiger partial charge on any atom is 0.326 e. The molecule has 0 heterocycles. The van der Waals surface area contributed by atoms with Crippen LogP contribution in [0.4, 0.5) is 0 Å². The van der Waals surface area contributed by atoms with Gasteiger partial charge in [-0.15, -0.1) is 0 Å². The monoisotopic (exact) mass is 767 g/mol. The van der Waals surface area contributed by atoms with Crippen molar-refractivity contribution in [3.63, 3.8) is 0 Å². The molecule has 7 heteroatoms. The molecule has 6 rings (SSSR count). The number of carbonyl (C=O) groups is 2. The number of nitrogens with one attached hydrogen (secondary N) is 1. The molecular formula is C44H66BrNO5. The van der Waals surface area contributed by atoms with Crippen molar-refractivity contribution in [2.75, 3.05) is 13.2 Å². The number of benzene rings is 1. The summed E-state index contributed by atoms with van der Waals surface area (Å²) < 4.78 is 7.38. The van der Waals surface area contributed by atoms with Gasteiger partial charge in [0, 0.05) is 4.47 Å². The van der Waals surface area contributed by atoms with E-state index in [4.69, 9.17) is 4.74 Å². The lowest BCUT2D eigenvalue weighted by Crippen LogP contribution is -2.67. The average molecular weight is 769 g/mol. The van der Waals surface area contributed by atoms with Gasteiger partial charge < -0.3 is 20.3 Å². The van der Waals surface area contributed by atoms with Crippen LogP contribution in [0.1, 0.15) is 125 Å². The van der Waals surface area contributed by atoms with Gasteiger partial charge in [0.25, 0.3) is 0 Å². The van der Waals surface area contributed by atoms with Crippen molar-refractivity contribution in [1.82, 2.24) is 5.32 Å². The summed E-state index contributed by atoms with van der Waals surface area (Å²) >= 11 is 3.52. The van der Waals surface area contributed by atoms with E-state index >= 15 is 0 Å². The van der Waals surface area contributed by atoms with Gasteiger partial charge in [0.15, 0.2) is 0 Å². The van der Waals surface area contributed by atoms with Gasteiger partial charge in [0.2, 0.25) is 5.91 Å². The van der Waals surface area contributed by atoms with Crippen LogP contribution >= 0.6 is 15.9 Å². The maximum absolute atomic E-state index is 14.7. The SMILES string of the molecule is C=C(COCCc1ccc(Br)cc1)[C@@H]1CC[C@]2(C(=O)NC(CC(C)C)C(=O)O)CC[C@]3(C)[C@H](CC[C@@H]4[C@@]5(C)CC[C@H](O)C(C)(C)[C@@H]5CC[C@]43C)[C@@H]12. The first-order valence-electron chi connectivity index (χ1n) is 20.1. The summed E-state index contributed by atoms with van der Waals surface area (Å²) in [5.41, 5.74) is 2.00. The van der Waals surface area contributed by atoms with Gasteiger partial charge in [-0.3, -0.25) is 4.79 Å². The number of aliphatic hydroxyl groups is 1. The van der Waals surface area contributed by atoms with Gasteiger partial charge in [-0.25, -0.2) is 4.79 Å². The number of rotatable bonds is 11. The van der Waals surface area contributed by atoms with Gasteiger partial charge in [0.05, 0.1) is 24.7 Å². The zero-order valence-corrected chi connectivity index (χ0v) is 34.1. The number of amides is 1. The Morgan fingerprint density at radius 3 is 2.29 bits per heavy atom. The Labute approximate surface area is 316 Å². The standard InChI is InChI=1S/C44H66BrNO5/c1-27(2)25-33(38(48)49)46-39(50)44-21-15-31(28(3)26-51-24-18-29-9-11-30(45)12-10-29)37(44)32-13-14-35-41(6)19-17-36(47)40(4,5)34(41)16-20-43(35,8)42(32,7)22-23-44/h9-12,27,31-37,47H,3,13-26H2,1-2,4-8H3,(H,46,50)(H,48,49)/t31-,32+,33?,34-,35+,36-,37+,41-,42+,43+,44-/m0/s1. The zero-order valence-electron chi connectivity index (χ0n) is 32.5. The summed E-state index contributed by atoms with van der Waals surface area (Å²) in [6, 6.07) is 7.50. The summed E-state index contributed by atoms with van der Waals surface area (Å²) in [6.07, 6.45) is 11.0. The Morgan fingerprint density at radius 2 is 1.63 bits per heavy atom. The molecule has 284 valence electrons. The van der Waals surface area contributed by atoms with Crippen molar-refractivity contribution in [2.24, 2.45) is 62.6 Å². The molecule has 6 nitrogen and oxygen atoms in total. The van der Waals surface area contributed by atoms with E-state index in [1.807, 2.05) is 13.8 Å². The summed E-state index contributed by atoms with van der Waals surface area (Å²) in [5.74, 6) is 0.881.